The average Bonchev–Trinajstić information content (AvgIpc) is 3.26. The zero-order chi connectivity index (χ0) is 22.6. The van der Waals surface area contributed by atoms with Crippen LogP contribution in [0.25, 0.3) is 0 Å². The van der Waals surface area contributed by atoms with Crippen LogP contribution in [0.1, 0.15) is 58.6 Å². The fourth-order valence-electron chi connectivity index (χ4n) is 5.91. The highest BCUT2D eigenvalue weighted by Crippen LogP contribution is 2.55. The van der Waals surface area contributed by atoms with Crippen molar-refractivity contribution in [3.63, 3.8) is 0 Å². The minimum absolute atomic E-state index is 0.00479. The quantitative estimate of drug-likeness (QED) is 0.584. The summed E-state index contributed by atoms with van der Waals surface area (Å²) in [4.78, 5) is 25.0. The molecule has 31 heavy (non-hydrogen) atoms. The summed E-state index contributed by atoms with van der Waals surface area (Å²) in [5, 5.41) is 17.5. The predicted molar refractivity (Wildman–Crippen MR) is 117 cm³/mol. The Kier molecular flexibility index (Phi) is 7.81. The second-order valence-corrected chi connectivity index (χ2v) is 9.77. The van der Waals surface area contributed by atoms with E-state index < -0.39 is 6.10 Å². The first-order chi connectivity index (χ1) is 14.8. The van der Waals surface area contributed by atoms with Gasteiger partial charge in [-0.1, -0.05) is 20.8 Å². The molecule has 2 aliphatic carbocycles. The molecular weight excluding hydrogens is 396 g/mol. The van der Waals surface area contributed by atoms with Crippen molar-refractivity contribution in [2.45, 2.75) is 71.6 Å². The number of nitrogens with one attached hydrogen (secondary N) is 2. The molecule has 2 amide bonds. The van der Waals surface area contributed by atoms with E-state index in [0.717, 1.165) is 25.7 Å². The largest absolute Gasteiger partial charge is 0.467 e. The number of ether oxygens (including phenoxy) is 1. The number of aliphatic hydroxyl groups is 1. The van der Waals surface area contributed by atoms with Gasteiger partial charge < -0.3 is 24.9 Å². The monoisotopic (exact) mass is 434 g/mol. The SMILES string of the molecule is COCCC(=O)N[C@H]1CC[C@]2(C)CC[C@H]([C@H](C)C(=O)NCc3ccco3)[C@H](O)[C@H]2[C@@H]1C. The van der Waals surface area contributed by atoms with Crippen molar-refractivity contribution in [2.24, 2.45) is 29.1 Å². The highest BCUT2D eigenvalue weighted by molar-refractivity contribution is 5.78. The molecule has 1 heterocycles. The highest BCUT2D eigenvalue weighted by Gasteiger charge is 2.53. The maximum Gasteiger partial charge on any atom is 0.223 e. The maximum atomic E-state index is 12.8. The summed E-state index contributed by atoms with van der Waals surface area (Å²) in [5.41, 5.74) is 0.0352. The molecule has 7 nitrogen and oxygen atoms in total. The Labute approximate surface area is 185 Å². The molecule has 0 spiro atoms. The summed E-state index contributed by atoms with van der Waals surface area (Å²) < 4.78 is 10.3. The molecule has 3 N–H and O–H groups in total. The molecule has 0 bridgehead atoms. The summed E-state index contributed by atoms with van der Waals surface area (Å²) in [6.07, 6.45) is 5.08. The van der Waals surface area contributed by atoms with Gasteiger partial charge in [0.2, 0.25) is 11.8 Å². The fraction of sp³-hybridized carbons (Fsp3) is 0.750. The molecule has 0 unspecified atom stereocenters. The third kappa shape index (κ3) is 5.32. The van der Waals surface area contributed by atoms with Gasteiger partial charge in [-0.15, -0.1) is 0 Å². The minimum atomic E-state index is -0.572. The molecule has 1 aromatic rings. The second kappa shape index (κ2) is 10.2. The van der Waals surface area contributed by atoms with Crippen LogP contribution in [0, 0.1) is 29.1 Å². The molecule has 0 aliphatic heterocycles. The van der Waals surface area contributed by atoms with Crippen LogP contribution in [-0.4, -0.2) is 42.8 Å². The van der Waals surface area contributed by atoms with Crippen molar-refractivity contribution in [3.8, 4) is 0 Å². The van der Waals surface area contributed by atoms with E-state index in [1.54, 1.807) is 19.4 Å². The zero-order valence-electron chi connectivity index (χ0n) is 19.2. The number of carbonyl (C=O) groups is 2. The molecule has 7 heteroatoms. The summed E-state index contributed by atoms with van der Waals surface area (Å²) in [6, 6.07) is 3.67. The number of furan rings is 1. The van der Waals surface area contributed by atoms with E-state index in [-0.39, 0.29) is 46.9 Å². The molecule has 7 atom stereocenters. The summed E-state index contributed by atoms with van der Waals surface area (Å²) in [5.74, 6) is 0.449. The second-order valence-electron chi connectivity index (χ2n) is 9.77. The molecule has 0 aromatic carbocycles. The third-order valence-corrected chi connectivity index (χ3v) is 7.84. The van der Waals surface area contributed by atoms with Gasteiger partial charge in [0.05, 0.1) is 25.5 Å². The van der Waals surface area contributed by atoms with Gasteiger partial charge in [-0.25, -0.2) is 0 Å². The number of rotatable bonds is 8. The van der Waals surface area contributed by atoms with Gasteiger partial charge >= 0.3 is 0 Å². The van der Waals surface area contributed by atoms with E-state index in [2.05, 4.69) is 24.5 Å². The molecule has 2 fully saturated rings. The van der Waals surface area contributed by atoms with E-state index in [0.29, 0.717) is 25.3 Å². The Balaban J connectivity index is 1.64. The van der Waals surface area contributed by atoms with Gasteiger partial charge in [0.15, 0.2) is 0 Å². The van der Waals surface area contributed by atoms with Crippen LogP contribution in [0.3, 0.4) is 0 Å². The Bertz CT molecular complexity index is 736. The Morgan fingerprint density at radius 1 is 1.35 bits per heavy atom. The molecule has 174 valence electrons. The van der Waals surface area contributed by atoms with Crippen LogP contribution in [-0.2, 0) is 20.9 Å². The minimum Gasteiger partial charge on any atom is -0.467 e. The van der Waals surface area contributed by atoms with Crippen molar-refractivity contribution in [3.05, 3.63) is 24.2 Å². The van der Waals surface area contributed by atoms with Crippen molar-refractivity contribution in [1.82, 2.24) is 10.6 Å². The maximum absolute atomic E-state index is 12.8. The van der Waals surface area contributed by atoms with Crippen LogP contribution < -0.4 is 10.6 Å². The van der Waals surface area contributed by atoms with E-state index in [1.807, 2.05) is 13.0 Å². The Morgan fingerprint density at radius 3 is 2.77 bits per heavy atom. The smallest absolute Gasteiger partial charge is 0.223 e. The number of aliphatic hydroxyl groups excluding tert-OH is 1. The number of fused-ring (bicyclic) bond motifs is 1. The van der Waals surface area contributed by atoms with Crippen molar-refractivity contribution in [2.75, 3.05) is 13.7 Å². The average molecular weight is 435 g/mol. The molecule has 1 aromatic heterocycles. The van der Waals surface area contributed by atoms with E-state index in [9.17, 15) is 14.7 Å². The Hall–Kier alpha value is -1.86. The predicted octanol–water partition coefficient (Wildman–Crippen LogP) is 2.88. The van der Waals surface area contributed by atoms with Crippen LogP contribution in [0.4, 0.5) is 0 Å². The lowest BCUT2D eigenvalue weighted by atomic mass is 9.51. The normalized spacial score (nSPS) is 33.9. The third-order valence-electron chi connectivity index (χ3n) is 7.84. The first-order valence-corrected chi connectivity index (χ1v) is 11.5. The summed E-state index contributed by atoms with van der Waals surface area (Å²) in [7, 11) is 1.59. The fourth-order valence-corrected chi connectivity index (χ4v) is 5.91. The molecule has 2 saturated carbocycles. The lowest BCUT2D eigenvalue weighted by Crippen LogP contribution is -2.58. The van der Waals surface area contributed by atoms with Gasteiger partial charge in [-0.05, 0) is 61.0 Å². The lowest BCUT2D eigenvalue weighted by Gasteiger charge is -2.56. The first kappa shape index (κ1) is 23.8. The van der Waals surface area contributed by atoms with Gasteiger partial charge in [0.1, 0.15) is 5.76 Å². The van der Waals surface area contributed by atoms with Crippen LogP contribution in [0.15, 0.2) is 22.8 Å². The van der Waals surface area contributed by atoms with Crippen molar-refractivity contribution < 1.29 is 23.8 Å². The van der Waals surface area contributed by atoms with Crippen LogP contribution >= 0.6 is 0 Å². The summed E-state index contributed by atoms with van der Waals surface area (Å²) in [6.45, 7) is 7.07. The molecule has 0 saturated heterocycles. The number of hydrogen-bond acceptors (Lipinski definition) is 5. The number of amides is 2. The van der Waals surface area contributed by atoms with E-state index in [1.165, 1.54) is 0 Å². The van der Waals surface area contributed by atoms with Gasteiger partial charge in [0, 0.05) is 25.5 Å². The van der Waals surface area contributed by atoms with Gasteiger partial charge in [-0.2, -0.15) is 0 Å². The van der Waals surface area contributed by atoms with E-state index in [4.69, 9.17) is 9.15 Å². The highest BCUT2D eigenvalue weighted by atomic mass is 16.5. The molecule has 3 rings (SSSR count). The number of carbonyl (C=O) groups excluding carboxylic acids is 2. The molecule has 0 radical (unpaired) electrons. The number of methoxy groups -OCH3 is 1. The van der Waals surface area contributed by atoms with Crippen LogP contribution in [0.5, 0.6) is 0 Å². The van der Waals surface area contributed by atoms with Gasteiger partial charge in [-0.3, -0.25) is 9.59 Å². The Morgan fingerprint density at radius 2 is 2.10 bits per heavy atom. The van der Waals surface area contributed by atoms with Crippen molar-refractivity contribution >= 4 is 11.8 Å². The first-order valence-electron chi connectivity index (χ1n) is 11.5. The topological polar surface area (TPSA) is 101 Å². The van der Waals surface area contributed by atoms with Gasteiger partial charge in [0.25, 0.3) is 0 Å². The zero-order valence-corrected chi connectivity index (χ0v) is 19.2. The van der Waals surface area contributed by atoms with Crippen molar-refractivity contribution in [1.29, 1.82) is 0 Å². The lowest BCUT2D eigenvalue weighted by molar-refractivity contribution is -0.144. The standard InChI is InChI=1S/C24H38N2O5/c1-15(23(29)25-14-17-6-5-12-31-17)18-7-10-24(3)11-8-19(16(2)21(24)22(18)28)26-20(27)9-13-30-4/h5-6,12,15-16,18-19,21-22,28H,7-11,13-14H2,1-4H3,(H,25,29)(H,26,27)/t15-,16+,18+,19-,21+,22-,24-/m0/s1. The number of hydrogen-bond donors (Lipinski definition) is 3. The van der Waals surface area contributed by atoms with E-state index >= 15 is 0 Å². The molecule has 2 aliphatic rings. The van der Waals surface area contributed by atoms with Crippen LogP contribution in [0.2, 0.25) is 0 Å². The summed E-state index contributed by atoms with van der Waals surface area (Å²) >= 11 is 0. The molecular formula is C24H38N2O5.